The van der Waals surface area contributed by atoms with E-state index in [9.17, 15) is 24.9 Å². The lowest BCUT2D eigenvalue weighted by Crippen LogP contribution is -2.70. The second kappa shape index (κ2) is 5.80. The molecule has 0 aromatic rings. The van der Waals surface area contributed by atoms with Gasteiger partial charge in [0.05, 0.1) is 6.61 Å². The molecule has 1 unspecified atom stereocenters. The van der Waals surface area contributed by atoms with Crippen LogP contribution in [0.25, 0.3) is 0 Å². The van der Waals surface area contributed by atoms with Crippen LogP contribution in [-0.4, -0.2) is 74.2 Å². The lowest BCUT2D eigenvalue weighted by atomic mass is 9.88. The Hall–Kier alpha value is -1.26. The van der Waals surface area contributed by atoms with Crippen LogP contribution in [0, 0.1) is 0 Å². The van der Waals surface area contributed by atoms with E-state index in [0.29, 0.717) is 0 Å². The van der Waals surface area contributed by atoms with Gasteiger partial charge in [-0.3, -0.25) is 9.59 Å². The number of carbonyl (C=O) groups excluding carboxylic acids is 1. The Morgan fingerprint density at radius 2 is 1.89 bits per heavy atom. The maximum absolute atomic E-state index is 11.0. The molecule has 0 aliphatic carbocycles. The van der Waals surface area contributed by atoms with Crippen molar-refractivity contribution in [3.8, 4) is 0 Å². The Kier molecular flexibility index (Phi) is 4.82. The quantitative estimate of drug-likeness (QED) is 0.313. The van der Waals surface area contributed by atoms with Gasteiger partial charge in [0.2, 0.25) is 5.91 Å². The number of ether oxygens (including phenoxy) is 1. The third kappa shape index (κ3) is 3.39. The van der Waals surface area contributed by atoms with E-state index in [-0.39, 0.29) is 0 Å². The van der Waals surface area contributed by atoms with Gasteiger partial charge in [-0.2, -0.15) is 0 Å². The highest BCUT2D eigenvalue weighted by Gasteiger charge is 2.54. The first kappa shape index (κ1) is 15.8. The summed E-state index contributed by atoms with van der Waals surface area (Å²) >= 11 is 0. The molecule has 19 heavy (non-hydrogen) atoms. The van der Waals surface area contributed by atoms with Crippen LogP contribution in [0.15, 0.2) is 0 Å². The topological polar surface area (TPSA) is 157 Å². The summed E-state index contributed by atoms with van der Waals surface area (Å²) in [5.74, 6) is -4.51. The van der Waals surface area contributed by atoms with Crippen molar-refractivity contribution in [1.29, 1.82) is 0 Å². The van der Waals surface area contributed by atoms with Crippen LogP contribution in [0.1, 0.15) is 13.3 Å². The minimum Gasteiger partial charge on any atom is -0.481 e. The normalized spacial score (nSPS) is 38.8. The van der Waals surface area contributed by atoms with Crippen molar-refractivity contribution in [1.82, 2.24) is 5.32 Å². The zero-order valence-electron chi connectivity index (χ0n) is 10.2. The summed E-state index contributed by atoms with van der Waals surface area (Å²) in [6.45, 7) is 0.366. The van der Waals surface area contributed by atoms with E-state index in [1.54, 1.807) is 0 Å². The molecular weight excluding hydrogens is 262 g/mol. The highest BCUT2D eigenvalue weighted by atomic mass is 16.6. The number of nitrogens with one attached hydrogen (secondary N) is 1. The van der Waals surface area contributed by atoms with E-state index >= 15 is 0 Å². The SMILES string of the molecule is CC(=O)N[C@@H]1[C@@H](O)[C@H](O)[C@@H](CO)OC1(O)CC(=O)O. The molecule has 9 nitrogen and oxygen atoms in total. The van der Waals surface area contributed by atoms with Crippen LogP contribution in [0.5, 0.6) is 0 Å². The van der Waals surface area contributed by atoms with Gasteiger partial charge in [-0.1, -0.05) is 0 Å². The Morgan fingerprint density at radius 1 is 1.32 bits per heavy atom. The highest BCUT2D eigenvalue weighted by molar-refractivity contribution is 5.74. The fourth-order valence-corrected chi connectivity index (χ4v) is 2.02. The fraction of sp³-hybridized carbons (Fsp3) is 0.800. The van der Waals surface area contributed by atoms with Crippen LogP contribution < -0.4 is 5.32 Å². The van der Waals surface area contributed by atoms with Crippen molar-refractivity contribution in [3.63, 3.8) is 0 Å². The molecule has 1 aliphatic heterocycles. The monoisotopic (exact) mass is 279 g/mol. The largest absolute Gasteiger partial charge is 0.481 e. The van der Waals surface area contributed by atoms with Gasteiger partial charge in [-0.05, 0) is 0 Å². The maximum atomic E-state index is 11.0. The number of hydrogen-bond acceptors (Lipinski definition) is 7. The van der Waals surface area contributed by atoms with Gasteiger partial charge in [0, 0.05) is 6.92 Å². The van der Waals surface area contributed by atoms with Crippen molar-refractivity contribution >= 4 is 11.9 Å². The summed E-state index contributed by atoms with van der Waals surface area (Å²) in [6, 6.07) is -1.53. The summed E-state index contributed by atoms with van der Waals surface area (Å²) in [6.07, 6.45) is -5.54. The molecule has 5 atom stereocenters. The van der Waals surface area contributed by atoms with Crippen molar-refractivity contribution < 1.29 is 39.9 Å². The Labute approximate surface area is 108 Å². The molecule has 1 amide bonds. The van der Waals surface area contributed by atoms with Gasteiger partial charge in [0.1, 0.15) is 30.8 Å². The number of carboxylic acid groups (broad SMARTS) is 1. The highest BCUT2D eigenvalue weighted by Crippen LogP contribution is 2.30. The van der Waals surface area contributed by atoms with Crippen molar-refractivity contribution in [3.05, 3.63) is 0 Å². The zero-order valence-corrected chi connectivity index (χ0v) is 10.2. The van der Waals surface area contributed by atoms with Crippen LogP contribution in [0.4, 0.5) is 0 Å². The smallest absolute Gasteiger partial charge is 0.308 e. The second-order valence-corrected chi connectivity index (χ2v) is 4.41. The number of aliphatic carboxylic acids is 1. The van der Waals surface area contributed by atoms with Crippen LogP contribution in [0.3, 0.4) is 0 Å². The Bertz CT molecular complexity index is 361. The molecule has 6 N–H and O–H groups in total. The standard InChI is InChI=1S/C10H17NO8/c1-4(13)11-9-8(17)7(16)5(3-12)19-10(9,18)2-6(14)15/h5,7-9,12,16-18H,2-3H2,1H3,(H,11,13)(H,14,15)/t5-,7-,8+,9-,10?/m1/s1. The van der Waals surface area contributed by atoms with E-state index in [4.69, 9.17) is 14.9 Å². The molecule has 0 spiro atoms. The molecule has 1 heterocycles. The predicted octanol–water partition coefficient (Wildman–Crippen LogP) is -3.23. The number of carbonyl (C=O) groups is 2. The average molecular weight is 279 g/mol. The summed E-state index contributed by atoms with van der Waals surface area (Å²) in [4.78, 5) is 21.7. The van der Waals surface area contributed by atoms with E-state index < -0.39 is 55.0 Å². The lowest BCUT2D eigenvalue weighted by Gasteiger charge is -2.47. The fourth-order valence-electron chi connectivity index (χ4n) is 2.02. The van der Waals surface area contributed by atoms with Gasteiger partial charge >= 0.3 is 5.97 Å². The Morgan fingerprint density at radius 3 is 2.32 bits per heavy atom. The molecule has 0 saturated carbocycles. The molecule has 1 fully saturated rings. The number of carboxylic acids is 1. The van der Waals surface area contributed by atoms with Gasteiger partial charge in [-0.25, -0.2) is 0 Å². The third-order valence-corrected chi connectivity index (χ3v) is 2.86. The molecule has 110 valence electrons. The number of rotatable bonds is 4. The van der Waals surface area contributed by atoms with E-state index in [1.807, 2.05) is 0 Å². The van der Waals surface area contributed by atoms with Gasteiger partial charge in [0.25, 0.3) is 0 Å². The van der Waals surface area contributed by atoms with Crippen molar-refractivity contribution in [2.75, 3.05) is 6.61 Å². The predicted molar refractivity (Wildman–Crippen MR) is 58.8 cm³/mol. The van der Waals surface area contributed by atoms with Gasteiger partial charge in [0.15, 0.2) is 5.79 Å². The van der Waals surface area contributed by atoms with Gasteiger partial charge in [-0.15, -0.1) is 0 Å². The van der Waals surface area contributed by atoms with Gasteiger partial charge < -0.3 is 35.6 Å². The van der Waals surface area contributed by atoms with Crippen LogP contribution in [0.2, 0.25) is 0 Å². The summed E-state index contributed by atoms with van der Waals surface area (Å²) in [5, 5.41) is 49.4. The molecule has 0 aromatic carbocycles. The number of aliphatic hydroxyl groups excluding tert-OH is 3. The summed E-state index contributed by atoms with van der Waals surface area (Å²) < 4.78 is 4.93. The first-order valence-corrected chi connectivity index (χ1v) is 5.57. The Balaban J connectivity index is 3.05. The number of amides is 1. The molecule has 1 saturated heterocycles. The second-order valence-electron chi connectivity index (χ2n) is 4.41. The molecule has 0 bridgehead atoms. The van der Waals surface area contributed by atoms with E-state index in [2.05, 4.69) is 5.32 Å². The van der Waals surface area contributed by atoms with E-state index in [1.165, 1.54) is 0 Å². The number of aliphatic hydroxyl groups is 4. The zero-order chi connectivity index (χ0) is 14.8. The average Bonchev–Trinajstić information content (AvgIpc) is 2.28. The molecular formula is C10H17NO8. The molecule has 1 rings (SSSR count). The van der Waals surface area contributed by atoms with Crippen LogP contribution >= 0.6 is 0 Å². The summed E-state index contributed by atoms with van der Waals surface area (Å²) in [5.41, 5.74) is 0. The van der Waals surface area contributed by atoms with Crippen LogP contribution in [-0.2, 0) is 14.3 Å². The minimum atomic E-state index is -2.43. The third-order valence-electron chi connectivity index (χ3n) is 2.86. The maximum Gasteiger partial charge on any atom is 0.308 e. The minimum absolute atomic E-state index is 0.647. The molecule has 1 aliphatic rings. The molecule has 9 heteroatoms. The van der Waals surface area contributed by atoms with Crippen molar-refractivity contribution in [2.45, 2.75) is 43.5 Å². The van der Waals surface area contributed by atoms with Crippen molar-refractivity contribution in [2.24, 2.45) is 0 Å². The number of hydrogen-bond donors (Lipinski definition) is 6. The molecule has 0 radical (unpaired) electrons. The summed E-state index contributed by atoms with van der Waals surface area (Å²) in [7, 11) is 0. The van der Waals surface area contributed by atoms with E-state index in [0.717, 1.165) is 6.92 Å². The first-order chi connectivity index (χ1) is 8.71. The molecule has 0 aromatic heterocycles. The first-order valence-electron chi connectivity index (χ1n) is 5.57. The lowest BCUT2D eigenvalue weighted by molar-refractivity contribution is -0.318.